The summed E-state index contributed by atoms with van der Waals surface area (Å²) < 4.78 is 5.61. The second kappa shape index (κ2) is 10.4. The Morgan fingerprint density at radius 1 is 1.03 bits per heavy atom. The van der Waals surface area contributed by atoms with Crippen molar-refractivity contribution in [2.75, 3.05) is 37.6 Å². The molecule has 2 aromatic heterocycles. The van der Waals surface area contributed by atoms with Crippen molar-refractivity contribution < 1.29 is 14.0 Å². The van der Waals surface area contributed by atoms with E-state index in [-0.39, 0.29) is 12.2 Å². The number of piperazine rings is 1. The first-order valence-corrected chi connectivity index (χ1v) is 12.5. The van der Waals surface area contributed by atoms with Crippen LogP contribution in [0.3, 0.4) is 0 Å². The zero-order chi connectivity index (χ0) is 25.9. The summed E-state index contributed by atoms with van der Waals surface area (Å²) in [7, 11) is 0. The highest BCUT2D eigenvalue weighted by molar-refractivity contribution is 6.01. The van der Waals surface area contributed by atoms with Gasteiger partial charge < -0.3 is 25.8 Å². The second-order valence-corrected chi connectivity index (χ2v) is 9.57. The number of nitriles is 1. The number of nitrogens with one attached hydrogen (secondary N) is 1. The summed E-state index contributed by atoms with van der Waals surface area (Å²) in [6.45, 7) is 4.74. The number of aromatic nitrogens is 1. The van der Waals surface area contributed by atoms with Gasteiger partial charge in [0.15, 0.2) is 5.76 Å². The number of nitrogens with zero attached hydrogens (tertiary/aromatic N) is 3. The average Bonchev–Trinajstić information content (AvgIpc) is 3.47. The van der Waals surface area contributed by atoms with Gasteiger partial charge >= 0.3 is 0 Å². The van der Waals surface area contributed by atoms with Crippen molar-refractivity contribution in [3.05, 3.63) is 65.0 Å². The van der Waals surface area contributed by atoms with Crippen molar-refractivity contribution in [3.8, 4) is 6.07 Å². The number of unbranched alkanes of at least 4 members (excludes halogenated alkanes) is 1. The molecule has 9 heteroatoms. The Bertz CT molecular complexity index is 1500. The van der Waals surface area contributed by atoms with Crippen LogP contribution in [0.4, 0.5) is 5.69 Å². The molecule has 0 atom stereocenters. The predicted molar refractivity (Wildman–Crippen MR) is 142 cm³/mol. The molecule has 190 valence electrons. The van der Waals surface area contributed by atoms with Crippen LogP contribution < -0.4 is 16.4 Å². The summed E-state index contributed by atoms with van der Waals surface area (Å²) >= 11 is 0. The normalized spacial score (nSPS) is 14.3. The molecule has 1 aliphatic heterocycles. The van der Waals surface area contributed by atoms with Gasteiger partial charge in [0.25, 0.3) is 5.91 Å². The van der Waals surface area contributed by atoms with Crippen LogP contribution in [0.5, 0.6) is 0 Å². The number of carbonyl (C=O) groups is 2. The van der Waals surface area contributed by atoms with Crippen LogP contribution in [-0.4, -0.2) is 54.4 Å². The van der Waals surface area contributed by atoms with E-state index in [1.54, 1.807) is 0 Å². The van der Waals surface area contributed by atoms with Gasteiger partial charge in [0, 0.05) is 59.9 Å². The molecule has 1 aliphatic rings. The van der Waals surface area contributed by atoms with Gasteiger partial charge in [-0.2, -0.15) is 5.26 Å². The molecule has 0 saturated carbocycles. The lowest BCUT2D eigenvalue weighted by molar-refractivity contribution is -0.117. The summed E-state index contributed by atoms with van der Waals surface area (Å²) in [4.78, 5) is 31.5. The molecule has 0 radical (unpaired) electrons. The molecule has 5 N–H and O–H groups in total. The number of benzene rings is 2. The number of aromatic amines is 1. The third-order valence-corrected chi connectivity index (χ3v) is 7.15. The number of H-pyrrole nitrogens is 1. The quantitative estimate of drug-likeness (QED) is 0.302. The smallest absolute Gasteiger partial charge is 0.284 e. The van der Waals surface area contributed by atoms with E-state index >= 15 is 0 Å². The fraction of sp³-hybridized carbons (Fsp3) is 0.321. The maximum absolute atomic E-state index is 11.8. The molecule has 1 saturated heterocycles. The number of primary amides is 2. The highest BCUT2D eigenvalue weighted by Gasteiger charge is 2.22. The molecule has 37 heavy (non-hydrogen) atoms. The number of fused-ring (bicyclic) bond motifs is 2. The van der Waals surface area contributed by atoms with Crippen LogP contribution in [0.2, 0.25) is 0 Å². The third kappa shape index (κ3) is 5.15. The number of carbonyl (C=O) groups excluding carboxylic acids is 2. The molecular formula is C28H30N6O3. The van der Waals surface area contributed by atoms with E-state index in [0.29, 0.717) is 22.1 Å². The van der Waals surface area contributed by atoms with Crippen LogP contribution in [0, 0.1) is 11.3 Å². The van der Waals surface area contributed by atoms with E-state index in [2.05, 4.69) is 27.0 Å². The molecule has 9 nitrogen and oxygen atoms in total. The standard InChI is InChI=1S/C28H30N6O3/c29-16-18-4-6-24-21(13-18)19(17-32-24)3-1-2-8-33-9-11-34(12-10-33)20-5-7-25-22(14-20)23(15-26(30)35)27(37-25)28(31)36/h4-7,13-14,17,32H,1-3,8-12,15H2,(H2,30,35)(H2,31,36). The van der Waals surface area contributed by atoms with Crippen LogP contribution in [0.15, 0.2) is 47.0 Å². The molecule has 4 aromatic rings. The summed E-state index contributed by atoms with van der Waals surface area (Å²) in [5.74, 6) is -1.26. The van der Waals surface area contributed by atoms with E-state index in [4.69, 9.17) is 15.9 Å². The monoisotopic (exact) mass is 498 g/mol. The first-order chi connectivity index (χ1) is 17.9. The maximum atomic E-state index is 11.8. The average molecular weight is 499 g/mol. The molecule has 2 aromatic carbocycles. The van der Waals surface area contributed by atoms with E-state index < -0.39 is 11.8 Å². The van der Waals surface area contributed by atoms with E-state index in [1.165, 1.54) is 5.56 Å². The largest absolute Gasteiger partial charge is 0.451 e. The molecule has 0 spiro atoms. The number of hydrogen-bond donors (Lipinski definition) is 3. The topological polar surface area (TPSA) is 145 Å². The van der Waals surface area contributed by atoms with Crippen LogP contribution in [-0.2, 0) is 17.6 Å². The van der Waals surface area contributed by atoms with Crippen molar-refractivity contribution in [1.82, 2.24) is 9.88 Å². The lowest BCUT2D eigenvalue weighted by atomic mass is 10.0. The number of amides is 2. The maximum Gasteiger partial charge on any atom is 0.284 e. The number of furan rings is 1. The number of rotatable bonds is 9. The van der Waals surface area contributed by atoms with Crippen LogP contribution >= 0.6 is 0 Å². The van der Waals surface area contributed by atoms with Gasteiger partial charge in [-0.25, -0.2) is 0 Å². The van der Waals surface area contributed by atoms with Crippen molar-refractivity contribution in [2.24, 2.45) is 11.5 Å². The first kappa shape index (κ1) is 24.4. The van der Waals surface area contributed by atoms with Gasteiger partial charge in [-0.15, -0.1) is 0 Å². The van der Waals surface area contributed by atoms with Gasteiger partial charge in [0.05, 0.1) is 18.1 Å². The van der Waals surface area contributed by atoms with Gasteiger partial charge in [-0.1, -0.05) is 0 Å². The minimum Gasteiger partial charge on any atom is -0.451 e. The summed E-state index contributed by atoms with van der Waals surface area (Å²) in [5.41, 5.74) is 15.9. The van der Waals surface area contributed by atoms with E-state index in [9.17, 15) is 14.9 Å². The second-order valence-electron chi connectivity index (χ2n) is 9.57. The van der Waals surface area contributed by atoms with E-state index in [0.717, 1.165) is 68.6 Å². The molecule has 0 aliphatic carbocycles. The Morgan fingerprint density at radius 2 is 1.84 bits per heavy atom. The molecule has 3 heterocycles. The van der Waals surface area contributed by atoms with Crippen molar-refractivity contribution in [2.45, 2.75) is 25.7 Å². The summed E-state index contributed by atoms with van der Waals surface area (Å²) in [6.07, 6.45) is 5.15. The number of nitrogens with two attached hydrogens (primary N) is 2. The number of anilines is 1. The first-order valence-electron chi connectivity index (χ1n) is 12.5. The van der Waals surface area contributed by atoms with Gasteiger partial charge in [0.1, 0.15) is 5.58 Å². The highest BCUT2D eigenvalue weighted by atomic mass is 16.3. The molecule has 2 amide bonds. The summed E-state index contributed by atoms with van der Waals surface area (Å²) in [5, 5.41) is 11.0. The number of hydrogen-bond acceptors (Lipinski definition) is 6. The Labute approximate surface area is 214 Å². The Hall–Kier alpha value is -4.29. The number of aryl methyl sites for hydroxylation is 1. The predicted octanol–water partition coefficient (Wildman–Crippen LogP) is 3.06. The van der Waals surface area contributed by atoms with Crippen LogP contribution in [0.1, 0.15) is 40.1 Å². The van der Waals surface area contributed by atoms with E-state index in [1.807, 2.05) is 36.4 Å². The molecule has 0 unspecified atom stereocenters. The zero-order valence-electron chi connectivity index (χ0n) is 20.6. The molecule has 1 fully saturated rings. The van der Waals surface area contributed by atoms with Crippen molar-refractivity contribution in [3.63, 3.8) is 0 Å². The SMILES string of the molecule is N#Cc1ccc2[nH]cc(CCCCN3CCN(c4ccc5oc(C(N)=O)c(CC(N)=O)c5c4)CC3)c2c1. The minimum atomic E-state index is -0.709. The Morgan fingerprint density at radius 3 is 2.57 bits per heavy atom. The Balaban J connectivity index is 1.16. The van der Waals surface area contributed by atoms with Gasteiger partial charge in [-0.05, 0) is 67.8 Å². The fourth-order valence-electron chi connectivity index (χ4n) is 5.22. The Kier molecular flexibility index (Phi) is 6.84. The van der Waals surface area contributed by atoms with Crippen LogP contribution in [0.25, 0.3) is 21.9 Å². The lowest BCUT2D eigenvalue weighted by Crippen LogP contribution is -2.46. The lowest BCUT2D eigenvalue weighted by Gasteiger charge is -2.36. The third-order valence-electron chi connectivity index (χ3n) is 7.15. The van der Waals surface area contributed by atoms with Crippen molar-refractivity contribution >= 4 is 39.4 Å². The molecule has 5 rings (SSSR count). The van der Waals surface area contributed by atoms with Gasteiger partial charge in [0.2, 0.25) is 5.91 Å². The van der Waals surface area contributed by atoms with Crippen molar-refractivity contribution in [1.29, 1.82) is 5.26 Å². The van der Waals surface area contributed by atoms with Gasteiger partial charge in [-0.3, -0.25) is 14.5 Å². The molecule has 0 bridgehead atoms. The minimum absolute atomic E-state index is 0.00564. The fourth-order valence-corrected chi connectivity index (χ4v) is 5.22. The summed E-state index contributed by atoms with van der Waals surface area (Å²) in [6, 6.07) is 13.7. The highest BCUT2D eigenvalue weighted by Crippen LogP contribution is 2.31. The zero-order valence-corrected chi connectivity index (χ0v) is 20.6. The molecular weight excluding hydrogens is 468 g/mol.